The van der Waals surface area contributed by atoms with Crippen molar-refractivity contribution < 1.29 is 0 Å². The third-order valence-corrected chi connectivity index (χ3v) is 3.60. The van der Waals surface area contributed by atoms with Gasteiger partial charge in [-0.2, -0.15) is 0 Å². The fourth-order valence-corrected chi connectivity index (χ4v) is 2.04. The maximum Gasteiger partial charge on any atom is 0.0162 e. The molecule has 0 aromatic heterocycles. The molecule has 96 valence electrons. The predicted molar refractivity (Wildman–Crippen MR) is 75.2 cm³/mol. The van der Waals surface area contributed by atoms with Crippen molar-refractivity contribution in [1.29, 1.82) is 0 Å². The van der Waals surface area contributed by atoms with Gasteiger partial charge in [0.2, 0.25) is 0 Å². The molecule has 0 aliphatic rings. The van der Waals surface area contributed by atoms with E-state index in [0.29, 0.717) is 24.4 Å². The highest BCUT2D eigenvalue weighted by Crippen LogP contribution is 2.26. The SMILES string of the molecule is CCC(C)C(CN[C@@H](C)CN)c1ccccc1. The van der Waals surface area contributed by atoms with Crippen LogP contribution in [0.1, 0.15) is 38.7 Å². The first-order valence-electron chi connectivity index (χ1n) is 6.67. The van der Waals surface area contributed by atoms with E-state index in [4.69, 9.17) is 5.73 Å². The van der Waals surface area contributed by atoms with E-state index in [0.717, 1.165) is 6.54 Å². The zero-order chi connectivity index (χ0) is 12.7. The lowest BCUT2D eigenvalue weighted by Gasteiger charge is -2.25. The Balaban J connectivity index is 2.68. The molecule has 0 saturated carbocycles. The van der Waals surface area contributed by atoms with Crippen molar-refractivity contribution in [3.63, 3.8) is 0 Å². The fourth-order valence-electron chi connectivity index (χ4n) is 2.04. The Hall–Kier alpha value is -0.860. The quantitative estimate of drug-likeness (QED) is 0.761. The molecular formula is C15H26N2. The van der Waals surface area contributed by atoms with E-state index in [-0.39, 0.29) is 0 Å². The van der Waals surface area contributed by atoms with Crippen molar-refractivity contribution in [2.24, 2.45) is 11.7 Å². The van der Waals surface area contributed by atoms with Crippen LogP contribution in [0.25, 0.3) is 0 Å². The van der Waals surface area contributed by atoms with Crippen molar-refractivity contribution >= 4 is 0 Å². The van der Waals surface area contributed by atoms with Crippen molar-refractivity contribution in [1.82, 2.24) is 5.32 Å². The van der Waals surface area contributed by atoms with E-state index in [2.05, 4.69) is 56.4 Å². The molecule has 0 radical (unpaired) electrons. The summed E-state index contributed by atoms with van der Waals surface area (Å²) >= 11 is 0. The third-order valence-electron chi connectivity index (χ3n) is 3.60. The Morgan fingerprint density at radius 1 is 1.18 bits per heavy atom. The molecule has 0 spiro atoms. The summed E-state index contributed by atoms with van der Waals surface area (Å²) < 4.78 is 0. The average Bonchev–Trinajstić information content (AvgIpc) is 2.39. The van der Waals surface area contributed by atoms with E-state index >= 15 is 0 Å². The molecule has 0 heterocycles. The zero-order valence-electron chi connectivity index (χ0n) is 11.3. The minimum Gasteiger partial charge on any atom is -0.329 e. The van der Waals surface area contributed by atoms with Gasteiger partial charge in [0.15, 0.2) is 0 Å². The Morgan fingerprint density at radius 2 is 1.82 bits per heavy atom. The Bertz CT molecular complexity index is 297. The summed E-state index contributed by atoms with van der Waals surface area (Å²) in [6.07, 6.45) is 1.21. The number of hydrogen-bond donors (Lipinski definition) is 2. The molecule has 0 saturated heterocycles. The molecule has 17 heavy (non-hydrogen) atoms. The Kier molecular flexibility index (Phi) is 6.23. The summed E-state index contributed by atoms with van der Waals surface area (Å²) in [5, 5.41) is 3.52. The second kappa shape index (κ2) is 7.46. The smallest absolute Gasteiger partial charge is 0.0162 e. The van der Waals surface area contributed by atoms with E-state index < -0.39 is 0 Å². The molecule has 0 bridgehead atoms. The number of hydrogen-bond acceptors (Lipinski definition) is 2. The average molecular weight is 234 g/mol. The van der Waals surface area contributed by atoms with E-state index in [1.54, 1.807) is 0 Å². The maximum absolute atomic E-state index is 5.64. The van der Waals surface area contributed by atoms with Gasteiger partial charge in [0.25, 0.3) is 0 Å². The summed E-state index contributed by atoms with van der Waals surface area (Å²) in [5.74, 6) is 1.27. The largest absolute Gasteiger partial charge is 0.329 e. The van der Waals surface area contributed by atoms with Gasteiger partial charge in [0.05, 0.1) is 0 Å². The molecular weight excluding hydrogens is 208 g/mol. The molecule has 0 amide bonds. The van der Waals surface area contributed by atoms with Crippen molar-refractivity contribution in [3.8, 4) is 0 Å². The van der Waals surface area contributed by atoms with Crippen LogP contribution in [0.3, 0.4) is 0 Å². The van der Waals surface area contributed by atoms with Crippen molar-refractivity contribution in [2.75, 3.05) is 13.1 Å². The van der Waals surface area contributed by atoms with Gasteiger partial charge < -0.3 is 11.1 Å². The molecule has 0 fully saturated rings. The molecule has 0 aliphatic carbocycles. The second-order valence-electron chi connectivity index (χ2n) is 4.95. The molecule has 1 rings (SSSR count). The summed E-state index contributed by atoms with van der Waals surface area (Å²) in [6.45, 7) is 8.43. The third kappa shape index (κ3) is 4.49. The van der Waals surface area contributed by atoms with Crippen molar-refractivity contribution in [3.05, 3.63) is 35.9 Å². The van der Waals surface area contributed by atoms with Crippen LogP contribution in [0, 0.1) is 5.92 Å². The van der Waals surface area contributed by atoms with Gasteiger partial charge in [-0.05, 0) is 24.3 Å². The molecule has 2 heteroatoms. The molecule has 1 aromatic carbocycles. The lowest BCUT2D eigenvalue weighted by Crippen LogP contribution is -2.37. The normalized spacial score (nSPS) is 16.5. The van der Waals surface area contributed by atoms with Gasteiger partial charge in [-0.15, -0.1) is 0 Å². The van der Waals surface area contributed by atoms with E-state index in [9.17, 15) is 0 Å². The monoisotopic (exact) mass is 234 g/mol. The molecule has 3 atom stereocenters. The Morgan fingerprint density at radius 3 is 2.35 bits per heavy atom. The molecule has 2 unspecified atom stereocenters. The minimum atomic E-state index is 0.394. The summed E-state index contributed by atoms with van der Waals surface area (Å²) in [6, 6.07) is 11.2. The van der Waals surface area contributed by atoms with E-state index in [1.165, 1.54) is 12.0 Å². The number of benzene rings is 1. The van der Waals surface area contributed by atoms with Crippen LogP contribution in [-0.2, 0) is 0 Å². The Labute approximate surface area is 106 Å². The summed E-state index contributed by atoms with van der Waals surface area (Å²) in [5.41, 5.74) is 7.07. The fraction of sp³-hybridized carbons (Fsp3) is 0.600. The van der Waals surface area contributed by atoms with Crippen LogP contribution >= 0.6 is 0 Å². The lowest BCUT2D eigenvalue weighted by molar-refractivity contribution is 0.402. The van der Waals surface area contributed by atoms with Gasteiger partial charge in [-0.25, -0.2) is 0 Å². The highest BCUT2D eigenvalue weighted by Gasteiger charge is 2.18. The maximum atomic E-state index is 5.64. The number of nitrogens with one attached hydrogen (secondary N) is 1. The molecule has 3 N–H and O–H groups in total. The van der Waals surface area contributed by atoms with Crippen LogP contribution in [0.15, 0.2) is 30.3 Å². The first-order valence-corrected chi connectivity index (χ1v) is 6.67. The minimum absolute atomic E-state index is 0.394. The lowest BCUT2D eigenvalue weighted by atomic mass is 9.85. The van der Waals surface area contributed by atoms with E-state index in [1.807, 2.05) is 0 Å². The van der Waals surface area contributed by atoms with Crippen LogP contribution in [-0.4, -0.2) is 19.1 Å². The van der Waals surface area contributed by atoms with Crippen molar-refractivity contribution in [2.45, 2.75) is 39.2 Å². The highest BCUT2D eigenvalue weighted by molar-refractivity contribution is 5.20. The zero-order valence-corrected chi connectivity index (χ0v) is 11.3. The molecule has 0 aliphatic heterocycles. The van der Waals surface area contributed by atoms with Crippen LogP contribution in [0.2, 0.25) is 0 Å². The first-order chi connectivity index (χ1) is 8.19. The summed E-state index contributed by atoms with van der Waals surface area (Å²) in [4.78, 5) is 0. The highest BCUT2D eigenvalue weighted by atomic mass is 14.9. The first kappa shape index (κ1) is 14.2. The van der Waals surface area contributed by atoms with Crippen LogP contribution < -0.4 is 11.1 Å². The summed E-state index contributed by atoms with van der Waals surface area (Å²) in [7, 11) is 0. The number of nitrogens with two attached hydrogens (primary N) is 1. The van der Waals surface area contributed by atoms with Gasteiger partial charge >= 0.3 is 0 Å². The predicted octanol–water partition coefficient (Wildman–Crippen LogP) is 2.75. The van der Waals surface area contributed by atoms with Gasteiger partial charge in [-0.3, -0.25) is 0 Å². The second-order valence-corrected chi connectivity index (χ2v) is 4.95. The molecule has 1 aromatic rings. The van der Waals surface area contributed by atoms with Gasteiger partial charge in [-0.1, -0.05) is 50.6 Å². The van der Waals surface area contributed by atoms with Gasteiger partial charge in [0.1, 0.15) is 0 Å². The standard InChI is InChI=1S/C15H26N2/c1-4-12(2)15(11-17-13(3)10-16)14-8-6-5-7-9-14/h5-9,12-13,15,17H,4,10-11,16H2,1-3H3/t12?,13-,15?/m0/s1. The number of rotatable bonds is 7. The molecule has 2 nitrogen and oxygen atoms in total. The van der Waals surface area contributed by atoms with Crippen LogP contribution in [0.4, 0.5) is 0 Å². The topological polar surface area (TPSA) is 38.0 Å². The van der Waals surface area contributed by atoms with Crippen LogP contribution in [0.5, 0.6) is 0 Å². The van der Waals surface area contributed by atoms with Gasteiger partial charge in [0, 0.05) is 19.1 Å².